The molecule has 1 heterocycles. The number of benzene rings is 2. The average molecular weight is 460 g/mol. The smallest absolute Gasteiger partial charge is 0.264 e. The molecule has 0 aliphatic carbocycles. The van der Waals surface area contributed by atoms with Gasteiger partial charge in [0.25, 0.3) is 10.1 Å². The van der Waals surface area contributed by atoms with Crippen molar-refractivity contribution in [2.45, 2.75) is 24.5 Å². The van der Waals surface area contributed by atoms with Gasteiger partial charge in [0, 0.05) is 33.8 Å². The lowest BCUT2D eigenvalue weighted by molar-refractivity contribution is 0.478. The first-order chi connectivity index (χ1) is 13.7. The SMILES string of the molecule is CSCc1cc(F)cc2c(C(CCCS(=O)(=O)O)c3ccc(Cl)cc3F)c[nH]c12. The Kier molecular flexibility index (Phi) is 6.88. The standard InChI is InChI=1S/C20H20ClF2NO3S2/c1-28-11-12-7-14(22)9-17-18(10-24-20(12)17)15(3-2-6-29(25,26)27)16-5-4-13(21)8-19(16)23/h4-5,7-10,15,24H,2-3,6,11H2,1H3,(H,25,26,27). The Hall–Kier alpha value is -1.61. The lowest BCUT2D eigenvalue weighted by Crippen LogP contribution is -2.09. The van der Waals surface area contributed by atoms with Crippen LogP contribution in [0.2, 0.25) is 5.02 Å². The molecule has 0 saturated carbocycles. The lowest BCUT2D eigenvalue weighted by atomic mass is 9.87. The predicted molar refractivity (Wildman–Crippen MR) is 114 cm³/mol. The zero-order chi connectivity index (χ0) is 21.2. The Morgan fingerprint density at radius 1 is 1.21 bits per heavy atom. The highest BCUT2D eigenvalue weighted by Gasteiger charge is 2.23. The van der Waals surface area contributed by atoms with Crippen molar-refractivity contribution in [1.29, 1.82) is 0 Å². The maximum absolute atomic E-state index is 14.7. The number of rotatable bonds is 8. The number of aromatic amines is 1. The molecule has 0 bridgehead atoms. The fraction of sp³-hybridized carbons (Fsp3) is 0.300. The van der Waals surface area contributed by atoms with Crippen LogP contribution in [-0.2, 0) is 15.9 Å². The van der Waals surface area contributed by atoms with Crippen LogP contribution in [0.25, 0.3) is 10.9 Å². The number of halogens is 3. The van der Waals surface area contributed by atoms with Crippen molar-refractivity contribution in [2.75, 3.05) is 12.0 Å². The van der Waals surface area contributed by atoms with Crippen LogP contribution in [0.15, 0.2) is 36.5 Å². The number of hydrogen-bond donors (Lipinski definition) is 2. The first-order valence-electron chi connectivity index (χ1n) is 8.88. The van der Waals surface area contributed by atoms with Crippen molar-refractivity contribution in [3.63, 3.8) is 0 Å². The average Bonchev–Trinajstić information content (AvgIpc) is 3.02. The Labute approximate surface area is 177 Å². The normalized spacial score (nSPS) is 13.1. The van der Waals surface area contributed by atoms with Crippen LogP contribution >= 0.6 is 23.4 Å². The maximum atomic E-state index is 14.7. The van der Waals surface area contributed by atoms with E-state index in [1.807, 2.05) is 6.26 Å². The maximum Gasteiger partial charge on any atom is 0.264 e. The van der Waals surface area contributed by atoms with E-state index >= 15 is 0 Å². The molecule has 0 aliphatic heterocycles. The Morgan fingerprint density at radius 3 is 2.62 bits per heavy atom. The molecule has 156 valence electrons. The van der Waals surface area contributed by atoms with Crippen LogP contribution < -0.4 is 0 Å². The number of hydrogen-bond acceptors (Lipinski definition) is 3. The summed E-state index contributed by atoms with van der Waals surface area (Å²) < 4.78 is 60.3. The van der Waals surface area contributed by atoms with Gasteiger partial charge < -0.3 is 4.98 Å². The quantitative estimate of drug-likeness (QED) is 0.420. The summed E-state index contributed by atoms with van der Waals surface area (Å²) in [6.07, 6.45) is 3.99. The first-order valence-corrected chi connectivity index (χ1v) is 12.3. The Bertz CT molecular complexity index is 1130. The van der Waals surface area contributed by atoms with Gasteiger partial charge >= 0.3 is 0 Å². The fourth-order valence-corrected chi connectivity index (χ4v) is 4.81. The number of H-pyrrole nitrogens is 1. The topological polar surface area (TPSA) is 70.2 Å². The van der Waals surface area contributed by atoms with E-state index in [4.69, 9.17) is 16.2 Å². The molecule has 3 aromatic rings. The Balaban J connectivity index is 2.10. The van der Waals surface area contributed by atoms with Crippen molar-refractivity contribution in [1.82, 2.24) is 4.98 Å². The summed E-state index contributed by atoms with van der Waals surface area (Å²) in [5, 5.41) is 0.871. The van der Waals surface area contributed by atoms with Crippen molar-refractivity contribution in [3.05, 3.63) is 69.9 Å². The van der Waals surface area contributed by atoms with Crippen LogP contribution in [0.4, 0.5) is 8.78 Å². The van der Waals surface area contributed by atoms with E-state index in [1.165, 1.54) is 18.2 Å². The Morgan fingerprint density at radius 2 is 1.97 bits per heavy atom. The van der Waals surface area contributed by atoms with E-state index in [9.17, 15) is 17.2 Å². The van der Waals surface area contributed by atoms with Crippen LogP contribution in [-0.4, -0.2) is 30.0 Å². The van der Waals surface area contributed by atoms with Crippen molar-refractivity contribution in [3.8, 4) is 0 Å². The van der Waals surface area contributed by atoms with Gasteiger partial charge in [0.1, 0.15) is 11.6 Å². The van der Waals surface area contributed by atoms with E-state index in [2.05, 4.69) is 4.98 Å². The molecule has 0 saturated heterocycles. The van der Waals surface area contributed by atoms with E-state index in [-0.39, 0.29) is 17.9 Å². The summed E-state index contributed by atoms with van der Waals surface area (Å²) in [7, 11) is -4.14. The van der Waals surface area contributed by atoms with Crippen molar-refractivity contribution in [2.24, 2.45) is 0 Å². The van der Waals surface area contributed by atoms with Crippen LogP contribution in [0.5, 0.6) is 0 Å². The molecule has 1 atom stereocenters. The highest BCUT2D eigenvalue weighted by atomic mass is 35.5. The molecular formula is C20H20ClF2NO3S2. The van der Waals surface area contributed by atoms with Gasteiger partial charge in [0.05, 0.1) is 5.75 Å². The summed E-state index contributed by atoms with van der Waals surface area (Å²) in [5.74, 6) is -1.28. The van der Waals surface area contributed by atoms with Gasteiger partial charge in [0.15, 0.2) is 0 Å². The minimum atomic E-state index is -4.14. The molecular weight excluding hydrogens is 440 g/mol. The van der Waals surface area contributed by atoms with Gasteiger partial charge in [-0.05, 0) is 60.1 Å². The van der Waals surface area contributed by atoms with Gasteiger partial charge in [-0.1, -0.05) is 17.7 Å². The van der Waals surface area contributed by atoms with Gasteiger partial charge in [0.2, 0.25) is 0 Å². The van der Waals surface area contributed by atoms with Crippen molar-refractivity contribution < 1.29 is 21.8 Å². The second kappa shape index (κ2) is 9.04. The van der Waals surface area contributed by atoms with Crippen LogP contribution in [0.1, 0.15) is 35.4 Å². The third-order valence-corrected chi connectivity index (χ3v) is 6.42. The number of thioether (sulfide) groups is 1. The lowest BCUT2D eigenvalue weighted by Gasteiger charge is -2.18. The first kappa shape index (κ1) is 22.1. The van der Waals surface area contributed by atoms with E-state index < -0.39 is 33.4 Å². The van der Waals surface area contributed by atoms with Gasteiger partial charge in [-0.15, -0.1) is 0 Å². The molecule has 3 rings (SSSR count). The molecule has 1 unspecified atom stereocenters. The number of fused-ring (bicyclic) bond motifs is 1. The molecule has 2 aromatic carbocycles. The monoisotopic (exact) mass is 459 g/mol. The fourth-order valence-electron chi connectivity index (χ4n) is 3.58. The summed E-state index contributed by atoms with van der Waals surface area (Å²) in [4.78, 5) is 3.16. The summed E-state index contributed by atoms with van der Waals surface area (Å²) >= 11 is 7.43. The molecule has 0 radical (unpaired) electrons. The third-order valence-electron chi connectivity index (χ3n) is 4.78. The predicted octanol–water partition coefficient (Wildman–Crippen LogP) is 5.76. The molecule has 0 aliphatic rings. The van der Waals surface area contributed by atoms with E-state index in [0.29, 0.717) is 22.3 Å². The molecule has 1 aromatic heterocycles. The van der Waals surface area contributed by atoms with Crippen molar-refractivity contribution >= 4 is 44.4 Å². The zero-order valence-electron chi connectivity index (χ0n) is 15.6. The second-order valence-corrected chi connectivity index (χ2v) is 9.69. The molecule has 0 amide bonds. The molecule has 0 spiro atoms. The summed E-state index contributed by atoms with van der Waals surface area (Å²) in [6, 6.07) is 7.17. The van der Waals surface area contributed by atoms with Gasteiger partial charge in [-0.25, -0.2) is 8.78 Å². The minimum absolute atomic E-state index is 0.116. The zero-order valence-corrected chi connectivity index (χ0v) is 18.0. The largest absolute Gasteiger partial charge is 0.361 e. The minimum Gasteiger partial charge on any atom is -0.361 e. The van der Waals surface area contributed by atoms with E-state index in [1.54, 1.807) is 30.1 Å². The molecule has 4 nitrogen and oxygen atoms in total. The molecule has 0 fully saturated rings. The second-order valence-electron chi connectivity index (χ2n) is 6.81. The van der Waals surface area contributed by atoms with Gasteiger partial charge in [-0.2, -0.15) is 20.2 Å². The van der Waals surface area contributed by atoms with Crippen LogP contribution in [0.3, 0.4) is 0 Å². The van der Waals surface area contributed by atoms with E-state index in [0.717, 1.165) is 11.1 Å². The van der Waals surface area contributed by atoms with Gasteiger partial charge in [-0.3, -0.25) is 4.55 Å². The number of nitrogens with one attached hydrogen (secondary N) is 1. The molecule has 9 heteroatoms. The number of aromatic nitrogens is 1. The molecule has 2 N–H and O–H groups in total. The molecule has 29 heavy (non-hydrogen) atoms. The summed E-state index contributed by atoms with van der Waals surface area (Å²) in [6.45, 7) is 0. The third kappa shape index (κ3) is 5.31. The summed E-state index contributed by atoms with van der Waals surface area (Å²) in [5.41, 5.74) is 2.57. The highest BCUT2D eigenvalue weighted by molar-refractivity contribution is 7.97. The van der Waals surface area contributed by atoms with Crippen LogP contribution in [0, 0.1) is 11.6 Å². The highest BCUT2D eigenvalue weighted by Crippen LogP contribution is 2.38.